The fraction of sp³-hybridized carbons (Fsp3) is 0.500. The third-order valence-electron chi connectivity index (χ3n) is 3.23. The van der Waals surface area contributed by atoms with Crippen LogP contribution in [-0.2, 0) is 14.2 Å². The zero-order chi connectivity index (χ0) is 11.9. The van der Waals surface area contributed by atoms with Crippen molar-refractivity contribution in [3.63, 3.8) is 0 Å². The second-order valence-electron chi connectivity index (χ2n) is 4.34. The number of hydrogen-bond acceptors (Lipinski definition) is 5. The van der Waals surface area contributed by atoms with Crippen LogP contribution >= 0.6 is 0 Å². The standard InChI is InChI=1S/C12H14O5/c13-6-12-7-15-10(14)9(12)16-11(17-12)8-4-2-1-3-5-8/h1-5,9-11,13-14H,6-7H2/t9-,10+,11-,12+/m0/s1. The summed E-state index contributed by atoms with van der Waals surface area (Å²) in [4.78, 5) is 0. The van der Waals surface area contributed by atoms with Crippen molar-refractivity contribution in [2.24, 2.45) is 0 Å². The van der Waals surface area contributed by atoms with Crippen LogP contribution in [0.25, 0.3) is 0 Å². The Labute approximate surface area is 98.5 Å². The Hall–Kier alpha value is -0.980. The minimum Gasteiger partial charge on any atom is -0.393 e. The molecule has 2 fully saturated rings. The number of hydrogen-bond donors (Lipinski definition) is 2. The van der Waals surface area contributed by atoms with Gasteiger partial charge in [0.2, 0.25) is 0 Å². The fourth-order valence-electron chi connectivity index (χ4n) is 2.25. The van der Waals surface area contributed by atoms with Gasteiger partial charge in [-0.25, -0.2) is 0 Å². The van der Waals surface area contributed by atoms with Crippen molar-refractivity contribution in [3.05, 3.63) is 35.9 Å². The topological polar surface area (TPSA) is 68.2 Å². The molecule has 0 amide bonds. The molecule has 0 spiro atoms. The van der Waals surface area contributed by atoms with Gasteiger partial charge in [0.05, 0.1) is 13.2 Å². The van der Waals surface area contributed by atoms with Crippen LogP contribution in [0.4, 0.5) is 0 Å². The van der Waals surface area contributed by atoms with E-state index in [9.17, 15) is 10.2 Å². The molecule has 92 valence electrons. The van der Waals surface area contributed by atoms with E-state index in [4.69, 9.17) is 14.2 Å². The van der Waals surface area contributed by atoms with Gasteiger partial charge < -0.3 is 24.4 Å². The molecule has 0 unspecified atom stereocenters. The molecule has 0 bridgehead atoms. The van der Waals surface area contributed by atoms with Crippen LogP contribution < -0.4 is 0 Å². The Morgan fingerprint density at radius 1 is 1.29 bits per heavy atom. The van der Waals surface area contributed by atoms with E-state index < -0.39 is 24.3 Å². The monoisotopic (exact) mass is 238 g/mol. The van der Waals surface area contributed by atoms with E-state index >= 15 is 0 Å². The van der Waals surface area contributed by atoms with E-state index in [-0.39, 0.29) is 13.2 Å². The minimum absolute atomic E-state index is 0.138. The highest BCUT2D eigenvalue weighted by atomic mass is 16.8. The average molecular weight is 238 g/mol. The lowest BCUT2D eigenvalue weighted by molar-refractivity contribution is -0.174. The van der Waals surface area contributed by atoms with Gasteiger partial charge in [-0.2, -0.15) is 0 Å². The zero-order valence-electron chi connectivity index (χ0n) is 9.15. The minimum atomic E-state index is -1.05. The summed E-state index contributed by atoms with van der Waals surface area (Å²) in [5.74, 6) is 0. The molecule has 2 saturated heterocycles. The normalized spacial score (nSPS) is 40.5. The van der Waals surface area contributed by atoms with Crippen molar-refractivity contribution in [2.75, 3.05) is 13.2 Å². The average Bonchev–Trinajstić information content (AvgIpc) is 2.89. The van der Waals surface area contributed by atoms with Gasteiger partial charge in [-0.15, -0.1) is 0 Å². The molecule has 5 heteroatoms. The highest BCUT2D eigenvalue weighted by molar-refractivity contribution is 5.18. The molecule has 2 aliphatic rings. The summed E-state index contributed by atoms with van der Waals surface area (Å²) in [6.07, 6.45) is -2.25. The van der Waals surface area contributed by atoms with Crippen LogP contribution in [0.15, 0.2) is 30.3 Å². The second kappa shape index (κ2) is 4.04. The van der Waals surface area contributed by atoms with E-state index in [1.165, 1.54) is 0 Å². The first-order valence-corrected chi connectivity index (χ1v) is 5.54. The Bertz CT molecular complexity index is 395. The third kappa shape index (κ3) is 1.67. The van der Waals surface area contributed by atoms with Crippen molar-refractivity contribution < 1.29 is 24.4 Å². The van der Waals surface area contributed by atoms with Gasteiger partial charge in [0.1, 0.15) is 11.7 Å². The third-order valence-corrected chi connectivity index (χ3v) is 3.23. The van der Waals surface area contributed by atoms with E-state index in [1.54, 1.807) is 0 Å². The molecule has 1 aromatic carbocycles. The Kier molecular flexibility index (Phi) is 2.65. The molecule has 17 heavy (non-hydrogen) atoms. The first-order valence-electron chi connectivity index (χ1n) is 5.54. The van der Waals surface area contributed by atoms with E-state index in [0.29, 0.717) is 0 Å². The summed E-state index contributed by atoms with van der Waals surface area (Å²) in [7, 11) is 0. The SMILES string of the molecule is OC[C@@]12CO[C@@H](O)[C@@H]1O[C@H](c1ccccc1)O2. The smallest absolute Gasteiger partial charge is 0.185 e. The van der Waals surface area contributed by atoms with Gasteiger partial charge in [-0.3, -0.25) is 0 Å². The molecule has 5 nitrogen and oxygen atoms in total. The molecule has 0 aromatic heterocycles. The highest BCUT2D eigenvalue weighted by Gasteiger charge is 2.58. The van der Waals surface area contributed by atoms with E-state index in [1.807, 2.05) is 30.3 Å². The number of rotatable bonds is 2. The predicted molar refractivity (Wildman–Crippen MR) is 56.9 cm³/mol. The molecule has 3 rings (SSSR count). The molecular weight excluding hydrogens is 224 g/mol. The Morgan fingerprint density at radius 2 is 2.06 bits per heavy atom. The molecule has 0 aliphatic carbocycles. The zero-order valence-corrected chi connectivity index (χ0v) is 9.15. The summed E-state index contributed by atoms with van der Waals surface area (Å²) in [5, 5.41) is 19.0. The fourth-order valence-corrected chi connectivity index (χ4v) is 2.25. The van der Waals surface area contributed by atoms with Gasteiger partial charge >= 0.3 is 0 Å². The molecule has 4 atom stereocenters. The van der Waals surface area contributed by atoms with Crippen molar-refractivity contribution in [1.82, 2.24) is 0 Å². The quantitative estimate of drug-likeness (QED) is 0.769. The Balaban J connectivity index is 1.85. The summed E-state index contributed by atoms with van der Waals surface area (Å²) in [6.45, 7) is -0.100. The van der Waals surface area contributed by atoms with Gasteiger partial charge in [0.15, 0.2) is 12.6 Å². The predicted octanol–water partition coefficient (Wildman–Crippen LogP) is 0.180. The molecule has 2 heterocycles. The Morgan fingerprint density at radius 3 is 2.71 bits per heavy atom. The van der Waals surface area contributed by atoms with E-state index in [0.717, 1.165) is 5.56 Å². The first-order chi connectivity index (χ1) is 8.25. The highest BCUT2D eigenvalue weighted by Crippen LogP contribution is 2.43. The molecule has 0 radical (unpaired) electrons. The second-order valence-corrected chi connectivity index (χ2v) is 4.34. The number of fused-ring (bicyclic) bond motifs is 1. The van der Waals surface area contributed by atoms with Crippen LogP contribution in [0.5, 0.6) is 0 Å². The van der Waals surface area contributed by atoms with Crippen molar-refractivity contribution in [3.8, 4) is 0 Å². The molecule has 0 saturated carbocycles. The van der Waals surface area contributed by atoms with Crippen LogP contribution in [0.2, 0.25) is 0 Å². The van der Waals surface area contributed by atoms with Crippen molar-refractivity contribution in [2.45, 2.75) is 24.3 Å². The van der Waals surface area contributed by atoms with Crippen LogP contribution in [0, 0.1) is 0 Å². The van der Waals surface area contributed by atoms with Crippen LogP contribution in [0.1, 0.15) is 11.9 Å². The van der Waals surface area contributed by atoms with Crippen LogP contribution in [-0.4, -0.2) is 41.4 Å². The summed E-state index contributed by atoms with van der Waals surface area (Å²) >= 11 is 0. The largest absolute Gasteiger partial charge is 0.393 e. The summed E-state index contributed by atoms with van der Waals surface area (Å²) < 4.78 is 16.4. The van der Waals surface area contributed by atoms with Gasteiger partial charge in [0, 0.05) is 5.56 Å². The number of aliphatic hydroxyl groups is 2. The molecular formula is C12H14O5. The lowest BCUT2D eigenvalue weighted by atomic mass is 10.0. The molecule has 2 N–H and O–H groups in total. The number of aliphatic hydroxyl groups excluding tert-OH is 2. The molecule has 1 aromatic rings. The van der Waals surface area contributed by atoms with Gasteiger partial charge in [0.25, 0.3) is 0 Å². The maximum absolute atomic E-state index is 9.62. The van der Waals surface area contributed by atoms with Crippen molar-refractivity contribution in [1.29, 1.82) is 0 Å². The summed E-state index contributed by atoms with van der Waals surface area (Å²) in [5.41, 5.74) is -0.0816. The van der Waals surface area contributed by atoms with Crippen molar-refractivity contribution >= 4 is 0 Å². The first kappa shape index (κ1) is 11.1. The lowest BCUT2D eigenvalue weighted by Gasteiger charge is -2.21. The molecule has 2 aliphatic heterocycles. The van der Waals surface area contributed by atoms with E-state index in [2.05, 4.69) is 0 Å². The lowest BCUT2D eigenvalue weighted by Crippen LogP contribution is -2.44. The van der Waals surface area contributed by atoms with Gasteiger partial charge in [-0.1, -0.05) is 30.3 Å². The summed E-state index contributed by atoms with van der Waals surface area (Å²) in [6, 6.07) is 9.43. The number of benzene rings is 1. The maximum atomic E-state index is 9.62. The maximum Gasteiger partial charge on any atom is 0.185 e. The van der Waals surface area contributed by atoms with Gasteiger partial charge in [-0.05, 0) is 0 Å². The van der Waals surface area contributed by atoms with Crippen LogP contribution in [0.3, 0.4) is 0 Å². The number of ether oxygens (including phenoxy) is 3.